The monoisotopic (exact) mass is 490 g/mol. The van der Waals surface area contributed by atoms with E-state index in [0.29, 0.717) is 23.4 Å². The SMILES string of the molecule is CCN(C(=O)COC(=O)c1cc2nc(N(C)C)n(-c3ccccc3)c2s1)C1CCS(=O)(=O)C1. The smallest absolute Gasteiger partial charge is 0.348 e. The van der Waals surface area contributed by atoms with Crippen molar-refractivity contribution in [2.24, 2.45) is 0 Å². The van der Waals surface area contributed by atoms with Gasteiger partial charge in [-0.3, -0.25) is 9.36 Å². The first-order valence-corrected chi connectivity index (χ1v) is 13.3. The number of nitrogens with zero attached hydrogens (tertiary/aromatic N) is 4. The molecule has 0 saturated carbocycles. The molecule has 33 heavy (non-hydrogen) atoms. The van der Waals surface area contributed by atoms with Crippen molar-refractivity contribution in [2.75, 3.05) is 43.7 Å². The van der Waals surface area contributed by atoms with E-state index in [0.717, 1.165) is 16.5 Å². The van der Waals surface area contributed by atoms with Crippen LogP contribution >= 0.6 is 11.3 Å². The van der Waals surface area contributed by atoms with Gasteiger partial charge in [-0.05, 0) is 31.5 Å². The number of rotatable bonds is 7. The summed E-state index contributed by atoms with van der Waals surface area (Å²) < 4.78 is 30.8. The van der Waals surface area contributed by atoms with Gasteiger partial charge in [-0.15, -0.1) is 11.3 Å². The molecule has 1 unspecified atom stereocenters. The van der Waals surface area contributed by atoms with E-state index in [1.54, 1.807) is 13.0 Å². The van der Waals surface area contributed by atoms with E-state index in [9.17, 15) is 18.0 Å². The van der Waals surface area contributed by atoms with Crippen LogP contribution in [0.4, 0.5) is 5.95 Å². The van der Waals surface area contributed by atoms with E-state index in [4.69, 9.17) is 4.74 Å². The fraction of sp³-hybridized carbons (Fsp3) is 0.409. The Balaban J connectivity index is 1.51. The van der Waals surface area contributed by atoms with Crippen LogP contribution in [0.25, 0.3) is 16.0 Å². The number of aromatic nitrogens is 2. The number of thiophene rings is 1. The van der Waals surface area contributed by atoms with E-state index < -0.39 is 28.3 Å². The van der Waals surface area contributed by atoms with Crippen LogP contribution in [0.2, 0.25) is 0 Å². The molecule has 3 aromatic rings. The van der Waals surface area contributed by atoms with E-state index in [1.165, 1.54) is 16.2 Å². The largest absolute Gasteiger partial charge is 0.451 e. The predicted octanol–water partition coefficient (Wildman–Crippen LogP) is 2.35. The Morgan fingerprint density at radius 2 is 1.97 bits per heavy atom. The maximum atomic E-state index is 12.7. The number of imidazole rings is 1. The van der Waals surface area contributed by atoms with E-state index in [-0.39, 0.29) is 17.5 Å². The van der Waals surface area contributed by atoms with Gasteiger partial charge < -0.3 is 14.5 Å². The lowest BCUT2D eigenvalue weighted by molar-refractivity contribution is -0.136. The molecule has 9 nitrogen and oxygen atoms in total. The summed E-state index contributed by atoms with van der Waals surface area (Å²) in [6.45, 7) is 1.71. The number of esters is 1. The Bertz CT molecular complexity index is 1280. The molecular formula is C22H26N4O5S2. The van der Waals surface area contributed by atoms with Crippen molar-refractivity contribution in [1.29, 1.82) is 0 Å². The number of para-hydroxylation sites is 1. The number of carbonyl (C=O) groups is 2. The molecule has 3 heterocycles. The minimum Gasteiger partial charge on any atom is -0.451 e. The third kappa shape index (κ3) is 4.74. The van der Waals surface area contributed by atoms with Crippen LogP contribution in [0.1, 0.15) is 23.0 Å². The fourth-order valence-corrected chi connectivity index (χ4v) is 6.75. The van der Waals surface area contributed by atoms with E-state index in [2.05, 4.69) is 4.98 Å². The third-order valence-electron chi connectivity index (χ3n) is 5.57. The number of ether oxygens (including phenoxy) is 1. The molecule has 4 rings (SSSR count). The number of likely N-dealkylation sites (N-methyl/N-ethyl adjacent to an activating group) is 1. The number of benzene rings is 1. The van der Waals surface area contributed by atoms with Crippen LogP contribution in [0.3, 0.4) is 0 Å². The summed E-state index contributed by atoms with van der Waals surface area (Å²) >= 11 is 1.25. The molecule has 0 N–H and O–H groups in total. The first-order chi connectivity index (χ1) is 15.7. The Morgan fingerprint density at radius 3 is 2.58 bits per heavy atom. The summed E-state index contributed by atoms with van der Waals surface area (Å²) in [5.41, 5.74) is 1.59. The summed E-state index contributed by atoms with van der Waals surface area (Å²) in [7, 11) is 0.692. The van der Waals surface area contributed by atoms with Crippen molar-refractivity contribution in [3.63, 3.8) is 0 Å². The van der Waals surface area contributed by atoms with Gasteiger partial charge in [-0.25, -0.2) is 18.2 Å². The van der Waals surface area contributed by atoms with Crippen LogP contribution in [0, 0.1) is 0 Å². The molecule has 2 aromatic heterocycles. The van der Waals surface area contributed by atoms with Gasteiger partial charge in [0.25, 0.3) is 5.91 Å². The second kappa shape index (κ2) is 9.14. The molecule has 176 valence electrons. The van der Waals surface area contributed by atoms with Crippen LogP contribution < -0.4 is 4.90 Å². The maximum absolute atomic E-state index is 12.7. The normalized spacial score (nSPS) is 17.2. The number of anilines is 1. The molecule has 1 aliphatic heterocycles. The molecule has 1 aromatic carbocycles. The molecule has 0 radical (unpaired) electrons. The van der Waals surface area contributed by atoms with Gasteiger partial charge in [-0.2, -0.15) is 0 Å². The summed E-state index contributed by atoms with van der Waals surface area (Å²) in [6, 6.07) is 11.0. The molecule has 0 spiro atoms. The van der Waals surface area contributed by atoms with Crippen molar-refractivity contribution in [2.45, 2.75) is 19.4 Å². The Hall–Kier alpha value is -2.92. The average molecular weight is 491 g/mol. The van der Waals surface area contributed by atoms with Crippen LogP contribution in [-0.2, 0) is 19.4 Å². The zero-order valence-electron chi connectivity index (χ0n) is 18.7. The van der Waals surface area contributed by atoms with Gasteiger partial charge in [0, 0.05) is 32.4 Å². The highest BCUT2D eigenvalue weighted by Crippen LogP contribution is 2.33. The van der Waals surface area contributed by atoms with Crippen molar-refractivity contribution < 1.29 is 22.7 Å². The number of carbonyl (C=O) groups excluding carboxylic acids is 2. The topological polar surface area (TPSA) is 102 Å². The quantitative estimate of drug-likeness (QED) is 0.469. The van der Waals surface area contributed by atoms with Gasteiger partial charge in [0.05, 0.1) is 11.5 Å². The Labute approximate surface area is 196 Å². The standard InChI is InChI=1S/C22H26N4O5S2/c1-4-25(16-10-11-33(29,30)14-16)19(27)13-31-21(28)18-12-17-20(32-18)26(22(23-17)24(2)3)15-8-6-5-7-9-15/h5-9,12,16H,4,10-11,13-14H2,1-3H3. The highest BCUT2D eigenvalue weighted by atomic mass is 32.2. The average Bonchev–Trinajstić information content (AvgIpc) is 3.45. The highest BCUT2D eigenvalue weighted by molar-refractivity contribution is 7.91. The maximum Gasteiger partial charge on any atom is 0.348 e. The molecule has 1 atom stereocenters. The molecule has 1 fully saturated rings. The summed E-state index contributed by atoms with van der Waals surface area (Å²) in [5.74, 6) is -0.222. The van der Waals surface area contributed by atoms with Gasteiger partial charge in [0.2, 0.25) is 5.95 Å². The molecule has 0 bridgehead atoms. The minimum absolute atomic E-state index is 0.0420. The lowest BCUT2D eigenvalue weighted by Gasteiger charge is -2.26. The highest BCUT2D eigenvalue weighted by Gasteiger charge is 2.34. The van der Waals surface area contributed by atoms with Crippen molar-refractivity contribution in [3.8, 4) is 5.69 Å². The molecule has 0 aliphatic carbocycles. The first-order valence-electron chi connectivity index (χ1n) is 10.6. The lowest BCUT2D eigenvalue weighted by Crippen LogP contribution is -2.43. The lowest BCUT2D eigenvalue weighted by atomic mass is 10.2. The van der Waals surface area contributed by atoms with Crippen molar-refractivity contribution >= 4 is 49.3 Å². The number of amides is 1. The van der Waals surface area contributed by atoms with Gasteiger partial charge >= 0.3 is 5.97 Å². The Kier molecular flexibility index (Phi) is 6.44. The van der Waals surface area contributed by atoms with Gasteiger partial charge in [-0.1, -0.05) is 18.2 Å². The van der Waals surface area contributed by atoms with Crippen LogP contribution in [0.5, 0.6) is 0 Å². The summed E-state index contributed by atoms with van der Waals surface area (Å²) in [4.78, 5) is 34.5. The van der Waals surface area contributed by atoms with Crippen molar-refractivity contribution in [1.82, 2.24) is 14.5 Å². The first kappa shape index (κ1) is 23.2. The van der Waals surface area contributed by atoms with Gasteiger partial charge in [0.1, 0.15) is 15.2 Å². The van der Waals surface area contributed by atoms with E-state index in [1.807, 2.05) is 53.9 Å². The zero-order valence-corrected chi connectivity index (χ0v) is 20.4. The number of hydrogen-bond donors (Lipinski definition) is 0. The molecule has 1 amide bonds. The summed E-state index contributed by atoms with van der Waals surface area (Å²) in [6.07, 6.45) is 0.412. The number of sulfone groups is 1. The molecule has 1 aliphatic rings. The second-order valence-corrected chi connectivity index (χ2v) is 11.4. The molecule has 1 saturated heterocycles. The zero-order chi connectivity index (χ0) is 23.8. The predicted molar refractivity (Wildman–Crippen MR) is 128 cm³/mol. The van der Waals surface area contributed by atoms with Gasteiger partial charge in [0.15, 0.2) is 16.4 Å². The van der Waals surface area contributed by atoms with Crippen molar-refractivity contribution in [3.05, 3.63) is 41.3 Å². The van der Waals surface area contributed by atoms with Crippen LogP contribution in [0.15, 0.2) is 36.4 Å². The van der Waals surface area contributed by atoms with E-state index >= 15 is 0 Å². The molecular weight excluding hydrogens is 464 g/mol. The number of hydrogen-bond acceptors (Lipinski definition) is 8. The third-order valence-corrected chi connectivity index (χ3v) is 8.41. The fourth-order valence-electron chi connectivity index (χ4n) is 4.01. The molecule has 11 heteroatoms. The Morgan fingerprint density at radius 1 is 1.24 bits per heavy atom. The number of fused-ring (bicyclic) bond motifs is 1. The second-order valence-electron chi connectivity index (χ2n) is 8.09. The van der Waals surface area contributed by atoms with Crippen LogP contribution in [-0.4, -0.2) is 79.5 Å². The minimum atomic E-state index is -3.12. The summed E-state index contributed by atoms with van der Waals surface area (Å²) in [5, 5.41) is 0.